The molecule has 0 radical (unpaired) electrons. The van der Waals surface area contributed by atoms with Crippen LogP contribution in [0.3, 0.4) is 0 Å². The van der Waals surface area contributed by atoms with E-state index in [1.807, 2.05) is 24.3 Å². The van der Waals surface area contributed by atoms with Gasteiger partial charge in [-0.15, -0.1) is 0 Å². The highest BCUT2D eigenvalue weighted by atomic mass is 32.2. The van der Waals surface area contributed by atoms with Gasteiger partial charge in [0, 0.05) is 6.54 Å². The van der Waals surface area contributed by atoms with E-state index in [0.717, 1.165) is 5.56 Å². The number of nitrogens with zero attached hydrogens (tertiary/aromatic N) is 1. The molecule has 9 heteroatoms. The minimum atomic E-state index is -3.75. The summed E-state index contributed by atoms with van der Waals surface area (Å²) in [7, 11) is -0.605. The molecule has 1 aliphatic rings. The molecule has 184 valence electrons. The van der Waals surface area contributed by atoms with E-state index in [4.69, 9.17) is 14.2 Å². The van der Waals surface area contributed by atoms with E-state index in [2.05, 4.69) is 5.32 Å². The molecule has 1 unspecified atom stereocenters. The second-order valence-electron chi connectivity index (χ2n) is 8.08. The molecule has 0 bridgehead atoms. The molecule has 0 aliphatic carbocycles. The molecule has 0 spiro atoms. The number of benzene rings is 3. The Hall–Kier alpha value is -3.72. The van der Waals surface area contributed by atoms with Crippen molar-refractivity contribution in [2.75, 3.05) is 31.6 Å². The molecule has 8 nitrogen and oxygen atoms in total. The maximum Gasteiger partial charge on any atom is 0.263 e. The summed E-state index contributed by atoms with van der Waals surface area (Å²) in [4.78, 5) is 13.0. The lowest BCUT2D eigenvalue weighted by Gasteiger charge is -2.34. The zero-order valence-corrected chi connectivity index (χ0v) is 20.5. The fourth-order valence-electron chi connectivity index (χ4n) is 3.94. The Labute approximate surface area is 205 Å². The molecule has 1 amide bonds. The van der Waals surface area contributed by atoms with Crippen molar-refractivity contribution in [3.63, 3.8) is 0 Å². The van der Waals surface area contributed by atoms with Gasteiger partial charge < -0.3 is 19.5 Å². The summed E-state index contributed by atoms with van der Waals surface area (Å²) >= 11 is 0. The first kappa shape index (κ1) is 24.4. The van der Waals surface area contributed by atoms with Gasteiger partial charge in [-0.25, -0.2) is 8.42 Å². The van der Waals surface area contributed by atoms with Gasteiger partial charge in [0.05, 0.1) is 32.2 Å². The summed E-state index contributed by atoms with van der Waals surface area (Å²) in [5.41, 5.74) is 2.06. The van der Waals surface area contributed by atoms with Crippen LogP contribution in [-0.2, 0) is 27.0 Å². The van der Waals surface area contributed by atoms with Gasteiger partial charge in [-0.1, -0.05) is 48.5 Å². The molecule has 3 aromatic carbocycles. The van der Waals surface area contributed by atoms with Crippen LogP contribution in [0.5, 0.6) is 17.2 Å². The zero-order chi connectivity index (χ0) is 24.8. The number of sulfonamides is 1. The number of anilines is 1. The van der Waals surface area contributed by atoms with Crippen molar-refractivity contribution < 1.29 is 27.4 Å². The Kier molecular flexibility index (Phi) is 7.45. The van der Waals surface area contributed by atoms with Crippen molar-refractivity contribution in [3.05, 3.63) is 83.9 Å². The molecular formula is C26H28N2O6S. The van der Waals surface area contributed by atoms with Crippen molar-refractivity contribution in [2.45, 2.75) is 18.3 Å². The molecule has 0 aromatic heterocycles. The smallest absolute Gasteiger partial charge is 0.263 e. The number of amides is 1. The molecule has 1 atom stereocenters. The standard InChI is InChI=1S/C26H28N2O6S/c1-32-23-13-12-19(16-24(23)33-2)14-15-27-26(29)25-17-28(21-10-6-7-11-22(21)34-25)35(30,31)18-20-8-4-3-5-9-20/h3-13,16,25H,14-15,17-18H2,1-2H3,(H,27,29). The van der Waals surface area contributed by atoms with E-state index in [-0.39, 0.29) is 18.2 Å². The number of para-hydroxylation sites is 2. The van der Waals surface area contributed by atoms with Crippen molar-refractivity contribution in [2.24, 2.45) is 0 Å². The van der Waals surface area contributed by atoms with Crippen LogP contribution in [-0.4, -0.2) is 47.7 Å². The maximum atomic E-state index is 13.3. The largest absolute Gasteiger partial charge is 0.493 e. The molecule has 35 heavy (non-hydrogen) atoms. The molecule has 0 saturated carbocycles. The molecule has 0 saturated heterocycles. The number of hydrogen-bond acceptors (Lipinski definition) is 6. The first-order valence-corrected chi connectivity index (χ1v) is 12.8. The van der Waals surface area contributed by atoms with Gasteiger partial charge in [-0.05, 0) is 41.8 Å². The fourth-order valence-corrected chi connectivity index (χ4v) is 5.53. The second-order valence-corrected chi connectivity index (χ2v) is 9.97. The van der Waals surface area contributed by atoms with Gasteiger partial charge in [0.15, 0.2) is 17.6 Å². The predicted molar refractivity (Wildman–Crippen MR) is 134 cm³/mol. The van der Waals surface area contributed by atoms with E-state index >= 15 is 0 Å². The normalized spacial score (nSPS) is 15.0. The van der Waals surface area contributed by atoms with Crippen LogP contribution in [0.2, 0.25) is 0 Å². The number of rotatable bonds is 9. The van der Waals surface area contributed by atoms with Crippen molar-refractivity contribution in [3.8, 4) is 17.2 Å². The topological polar surface area (TPSA) is 94.2 Å². The van der Waals surface area contributed by atoms with Crippen molar-refractivity contribution >= 4 is 21.6 Å². The number of carbonyl (C=O) groups is 1. The quantitative estimate of drug-likeness (QED) is 0.489. The first-order chi connectivity index (χ1) is 16.9. The predicted octanol–water partition coefficient (Wildman–Crippen LogP) is 3.16. The van der Waals surface area contributed by atoms with Gasteiger partial charge in [0.1, 0.15) is 5.75 Å². The lowest BCUT2D eigenvalue weighted by molar-refractivity contribution is -0.127. The van der Waals surface area contributed by atoms with E-state index in [1.54, 1.807) is 62.8 Å². The summed E-state index contributed by atoms with van der Waals surface area (Å²) in [6, 6.07) is 21.4. The van der Waals surface area contributed by atoms with Gasteiger partial charge in [0.25, 0.3) is 5.91 Å². The van der Waals surface area contributed by atoms with Crippen LogP contribution in [0.1, 0.15) is 11.1 Å². The number of hydrogen-bond donors (Lipinski definition) is 1. The van der Waals surface area contributed by atoms with Gasteiger partial charge in [-0.2, -0.15) is 0 Å². The number of fused-ring (bicyclic) bond motifs is 1. The van der Waals surface area contributed by atoms with Crippen LogP contribution in [0, 0.1) is 0 Å². The van der Waals surface area contributed by atoms with E-state index < -0.39 is 16.1 Å². The molecule has 3 aromatic rings. The lowest BCUT2D eigenvalue weighted by Crippen LogP contribution is -2.51. The van der Waals surface area contributed by atoms with Gasteiger partial charge >= 0.3 is 0 Å². The summed E-state index contributed by atoms with van der Waals surface area (Å²) in [6.07, 6.45) is -0.410. The Bertz CT molecular complexity index is 1280. The minimum Gasteiger partial charge on any atom is -0.493 e. The van der Waals surface area contributed by atoms with Crippen LogP contribution in [0.4, 0.5) is 5.69 Å². The highest BCUT2D eigenvalue weighted by molar-refractivity contribution is 7.92. The third-order valence-corrected chi connectivity index (χ3v) is 7.43. The molecule has 1 aliphatic heterocycles. The fraction of sp³-hybridized carbons (Fsp3) is 0.269. The molecule has 0 fully saturated rings. The first-order valence-electron chi connectivity index (χ1n) is 11.2. The summed E-state index contributed by atoms with van der Waals surface area (Å²) in [5, 5.41) is 2.86. The van der Waals surface area contributed by atoms with Crippen LogP contribution >= 0.6 is 0 Å². The maximum absolute atomic E-state index is 13.3. The Morgan fingerprint density at radius 1 is 0.971 bits per heavy atom. The zero-order valence-electron chi connectivity index (χ0n) is 19.6. The summed E-state index contributed by atoms with van der Waals surface area (Å²) in [5.74, 6) is 1.06. The van der Waals surface area contributed by atoms with E-state index in [0.29, 0.717) is 41.5 Å². The summed E-state index contributed by atoms with van der Waals surface area (Å²) in [6.45, 7) is 0.251. The minimum absolute atomic E-state index is 0.103. The van der Waals surface area contributed by atoms with Crippen molar-refractivity contribution in [1.82, 2.24) is 5.32 Å². The van der Waals surface area contributed by atoms with Gasteiger partial charge in [0.2, 0.25) is 10.0 Å². The lowest BCUT2D eigenvalue weighted by atomic mass is 10.1. The second kappa shape index (κ2) is 10.7. The highest BCUT2D eigenvalue weighted by Crippen LogP contribution is 2.35. The van der Waals surface area contributed by atoms with Crippen LogP contribution in [0.15, 0.2) is 72.8 Å². The van der Waals surface area contributed by atoms with Gasteiger partial charge in [-0.3, -0.25) is 9.10 Å². The Morgan fingerprint density at radius 2 is 1.69 bits per heavy atom. The molecule has 1 N–H and O–H groups in total. The number of carbonyl (C=O) groups excluding carboxylic acids is 1. The van der Waals surface area contributed by atoms with E-state index in [1.165, 1.54) is 4.31 Å². The Morgan fingerprint density at radius 3 is 2.43 bits per heavy atom. The number of ether oxygens (including phenoxy) is 3. The average Bonchev–Trinajstić information content (AvgIpc) is 2.88. The van der Waals surface area contributed by atoms with E-state index in [9.17, 15) is 13.2 Å². The summed E-state index contributed by atoms with van der Waals surface area (Å²) < 4.78 is 44.4. The van der Waals surface area contributed by atoms with Crippen molar-refractivity contribution in [1.29, 1.82) is 0 Å². The monoisotopic (exact) mass is 496 g/mol. The Balaban J connectivity index is 1.45. The molecule has 4 rings (SSSR count). The number of methoxy groups -OCH3 is 2. The molecular weight excluding hydrogens is 468 g/mol. The van der Waals surface area contributed by atoms with Crippen LogP contribution < -0.4 is 23.8 Å². The molecule has 1 heterocycles. The number of nitrogens with one attached hydrogen (secondary N) is 1. The van der Waals surface area contributed by atoms with Crippen LogP contribution in [0.25, 0.3) is 0 Å². The SMILES string of the molecule is COc1ccc(CCNC(=O)C2CN(S(=O)(=O)Cc3ccccc3)c3ccccc3O2)cc1OC. The third-order valence-electron chi connectivity index (χ3n) is 5.72. The highest BCUT2D eigenvalue weighted by Gasteiger charge is 2.36. The third kappa shape index (κ3) is 5.68. The average molecular weight is 497 g/mol.